The molecule has 1 aromatic heterocycles. The zero-order chi connectivity index (χ0) is 20.2. The molecule has 1 N–H and O–H groups in total. The summed E-state index contributed by atoms with van der Waals surface area (Å²) in [5.74, 6) is 0.786. The van der Waals surface area contributed by atoms with Crippen LogP contribution in [0.4, 0.5) is 0 Å². The Labute approximate surface area is 174 Å². The highest BCUT2D eigenvalue weighted by molar-refractivity contribution is 7.99. The van der Waals surface area contributed by atoms with E-state index in [9.17, 15) is 9.59 Å². The van der Waals surface area contributed by atoms with Gasteiger partial charge in [-0.1, -0.05) is 50.1 Å². The normalized spacial score (nSPS) is 14.4. The van der Waals surface area contributed by atoms with Crippen molar-refractivity contribution in [2.45, 2.75) is 50.1 Å². The van der Waals surface area contributed by atoms with Crippen molar-refractivity contribution in [3.8, 4) is 0 Å². The summed E-state index contributed by atoms with van der Waals surface area (Å²) in [5.41, 5.74) is 1.38. The molecule has 0 saturated heterocycles. The molecule has 5 nitrogen and oxygen atoms in total. The first-order valence-electron chi connectivity index (χ1n) is 10.2. The van der Waals surface area contributed by atoms with Crippen molar-refractivity contribution in [3.05, 3.63) is 70.1 Å². The largest absolute Gasteiger partial charge is 0.346 e. The molecular formula is C23H25N3O2S. The maximum Gasteiger partial charge on any atom is 0.274 e. The SMILES string of the molecule is CCSc1ccccc1C(=O)NCc1nn(C2CCCC2)c(=O)c2ccccc12. The highest BCUT2D eigenvalue weighted by atomic mass is 32.2. The summed E-state index contributed by atoms with van der Waals surface area (Å²) in [4.78, 5) is 26.8. The summed E-state index contributed by atoms with van der Waals surface area (Å²) in [5, 5.41) is 9.18. The van der Waals surface area contributed by atoms with Crippen molar-refractivity contribution < 1.29 is 4.79 Å². The molecule has 3 aromatic rings. The highest BCUT2D eigenvalue weighted by Crippen LogP contribution is 2.28. The van der Waals surface area contributed by atoms with Crippen LogP contribution < -0.4 is 10.9 Å². The van der Waals surface area contributed by atoms with Crippen LogP contribution in [-0.4, -0.2) is 21.4 Å². The molecule has 0 atom stereocenters. The number of amides is 1. The number of carbonyl (C=O) groups excluding carboxylic acids is 1. The van der Waals surface area contributed by atoms with Crippen LogP contribution >= 0.6 is 11.8 Å². The first-order valence-corrected chi connectivity index (χ1v) is 11.2. The van der Waals surface area contributed by atoms with Gasteiger partial charge in [-0.2, -0.15) is 5.10 Å². The molecule has 0 aliphatic heterocycles. The van der Waals surface area contributed by atoms with Crippen LogP contribution in [0, 0.1) is 0 Å². The van der Waals surface area contributed by atoms with Crippen molar-refractivity contribution in [2.75, 3.05) is 5.75 Å². The third-order valence-corrected chi connectivity index (χ3v) is 6.38. The second-order valence-electron chi connectivity index (χ2n) is 7.29. The summed E-state index contributed by atoms with van der Waals surface area (Å²) in [6, 6.07) is 15.3. The Morgan fingerprint density at radius 2 is 1.79 bits per heavy atom. The molecule has 6 heteroatoms. The second-order valence-corrected chi connectivity index (χ2v) is 8.60. The minimum Gasteiger partial charge on any atom is -0.346 e. The van der Waals surface area contributed by atoms with Gasteiger partial charge < -0.3 is 5.32 Å². The first-order chi connectivity index (χ1) is 14.2. The van der Waals surface area contributed by atoms with Crippen LogP contribution in [0.25, 0.3) is 10.8 Å². The monoisotopic (exact) mass is 407 g/mol. The van der Waals surface area contributed by atoms with E-state index in [1.165, 1.54) is 0 Å². The number of rotatable bonds is 6. The maximum atomic E-state index is 13.0. The van der Waals surface area contributed by atoms with Crippen molar-refractivity contribution in [3.63, 3.8) is 0 Å². The number of aromatic nitrogens is 2. The van der Waals surface area contributed by atoms with Crippen molar-refractivity contribution in [1.82, 2.24) is 15.1 Å². The van der Waals surface area contributed by atoms with Crippen molar-refractivity contribution in [2.24, 2.45) is 0 Å². The average Bonchev–Trinajstić information content (AvgIpc) is 3.28. The molecule has 2 aromatic carbocycles. The van der Waals surface area contributed by atoms with Crippen molar-refractivity contribution >= 4 is 28.4 Å². The van der Waals surface area contributed by atoms with Gasteiger partial charge in [-0.3, -0.25) is 9.59 Å². The first kappa shape index (κ1) is 19.7. The van der Waals surface area contributed by atoms with E-state index in [4.69, 9.17) is 5.10 Å². The summed E-state index contributed by atoms with van der Waals surface area (Å²) in [6.45, 7) is 2.36. The zero-order valence-corrected chi connectivity index (χ0v) is 17.4. The lowest BCUT2D eigenvalue weighted by Crippen LogP contribution is -2.30. The third-order valence-electron chi connectivity index (χ3n) is 5.42. The predicted molar refractivity (Wildman–Crippen MR) is 118 cm³/mol. The highest BCUT2D eigenvalue weighted by Gasteiger charge is 2.21. The van der Waals surface area contributed by atoms with Crippen LogP contribution in [0.2, 0.25) is 0 Å². The number of nitrogens with one attached hydrogen (secondary N) is 1. The maximum absolute atomic E-state index is 13.0. The molecule has 0 radical (unpaired) electrons. The summed E-state index contributed by atoms with van der Waals surface area (Å²) < 4.78 is 1.65. The number of benzene rings is 2. The topological polar surface area (TPSA) is 64.0 Å². The lowest BCUT2D eigenvalue weighted by Gasteiger charge is -2.16. The minimum atomic E-state index is -0.119. The van der Waals surface area contributed by atoms with E-state index in [1.807, 2.05) is 48.5 Å². The number of hydrogen-bond donors (Lipinski definition) is 1. The Kier molecular flexibility index (Phi) is 6.00. The summed E-state index contributed by atoms with van der Waals surface area (Å²) in [7, 11) is 0. The average molecular weight is 408 g/mol. The number of carbonyl (C=O) groups is 1. The lowest BCUT2D eigenvalue weighted by molar-refractivity contribution is 0.0947. The Hall–Kier alpha value is -2.60. The molecule has 1 saturated carbocycles. The number of hydrogen-bond acceptors (Lipinski definition) is 4. The fourth-order valence-electron chi connectivity index (χ4n) is 4.00. The molecule has 4 rings (SSSR count). The van der Waals surface area contributed by atoms with Gasteiger partial charge in [0.1, 0.15) is 0 Å². The standard InChI is InChI=1S/C23H25N3O2S/c1-2-29-21-14-8-7-13-19(21)22(27)24-15-20-17-11-5-6-12-18(17)23(28)26(25-20)16-9-3-4-10-16/h5-8,11-14,16H,2-4,9-10,15H2,1H3,(H,24,27). The van der Waals surface area contributed by atoms with Crippen LogP contribution in [0.5, 0.6) is 0 Å². The minimum absolute atomic E-state index is 0.0349. The van der Waals surface area contributed by atoms with Crippen LogP contribution in [0.1, 0.15) is 54.7 Å². The molecule has 1 amide bonds. The van der Waals surface area contributed by atoms with Gasteiger partial charge in [0.15, 0.2) is 0 Å². The molecule has 1 heterocycles. The Balaban J connectivity index is 1.65. The Morgan fingerprint density at radius 1 is 1.10 bits per heavy atom. The second kappa shape index (κ2) is 8.82. The van der Waals surface area contributed by atoms with E-state index in [-0.39, 0.29) is 24.1 Å². The summed E-state index contributed by atoms with van der Waals surface area (Å²) >= 11 is 1.65. The molecule has 1 aliphatic rings. The molecule has 0 spiro atoms. The van der Waals surface area contributed by atoms with Crippen LogP contribution in [0.15, 0.2) is 58.2 Å². The van der Waals surface area contributed by atoms with Crippen LogP contribution in [-0.2, 0) is 6.54 Å². The van der Waals surface area contributed by atoms with Gasteiger partial charge in [0, 0.05) is 10.3 Å². The quantitative estimate of drug-likeness (QED) is 0.609. The lowest BCUT2D eigenvalue weighted by atomic mass is 10.1. The van der Waals surface area contributed by atoms with Crippen LogP contribution in [0.3, 0.4) is 0 Å². The smallest absolute Gasteiger partial charge is 0.274 e. The van der Waals surface area contributed by atoms with E-state index in [1.54, 1.807) is 16.4 Å². The molecule has 1 fully saturated rings. The van der Waals surface area contributed by atoms with Gasteiger partial charge in [-0.05, 0) is 36.8 Å². The molecule has 1 aliphatic carbocycles. The number of nitrogens with zero attached hydrogens (tertiary/aromatic N) is 2. The van der Waals surface area contributed by atoms with E-state index >= 15 is 0 Å². The fourth-order valence-corrected chi connectivity index (χ4v) is 4.80. The van der Waals surface area contributed by atoms with Gasteiger partial charge in [0.05, 0.1) is 29.2 Å². The van der Waals surface area contributed by atoms with Gasteiger partial charge >= 0.3 is 0 Å². The number of thioether (sulfide) groups is 1. The Morgan fingerprint density at radius 3 is 2.55 bits per heavy atom. The third kappa shape index (κ3) is 4.08. The van der Waals surface area contributed by atoms with Gasteiger partial charge in [0.2, 0.25) is 0 Å². The van der Waals surface area contributed by atoms with Gasteiger partial charge in [-0.25, -0.2) is 4.68 Å². The molecule has 0 unspecified atom stereocenters. The summed E-state index contributed by atoms with van der Waals surface area (Å²) in [6.07, 6.45) is 4.23. The fraction of sp³-hybridized carbons (Fsp3) is 0.348. The molecular weight excluding hydrogens is 382 g/mol. The molecule has 150 valence electrons. The zero-order valence-electron chi connectivity index (χ0n) is 16.6. The molecule has 0 bridgehead atoms. The van der Waals surface area contributed by atoms with Gasteiger partial charge in [0.25, 0.3) is 11.5 Å². The van der Waals surface area contributed by atoms with E-state index in [2.05, 4.69) is 12.2 Å². The predicted octanol–water partition coefficient (Wildman–Crippen LogP) is 4.55. The molecule has 29 heavy (non-hydrogen) atoms. The Bertz CT molecular complexity index is 1090. The van der Waals surface area contributed by atoms with E-state index in [0.717, 1.165) is 47.4 Å². The van der Waals surface area contributed by atoms with E-state index in [0.29, 0.717) is 10.9 Å². The number of fused-ring (bicyclic) bond motifs is 1. The van der Waals surface area contributed by atoms with Crippen molar-refractivity contribution in [1.29, 1.82) is 0 Å². The van der Waals surface area contributed by atoms with E-state index < -0.39 is 0 Å². The van der Waals surface area contributed by atoms with Gasteiger partial charge in [-0.15, -0.1) is 11.8 Å².